The number of carbonyl (C=O) groups excluding carboxylic acids is 1. The van der Waals surface area contributed by atoms with Crippen molar-refractivity contribution < 1.29 is 9.53 Å². The number of ether oxygens (including phenoxy) is 1. The van der Waals surface area contributed by atoms with Crippen LogP contribution >= 0.6 is 0 Å². The summed E-state index contributed by atoms with van der Waals surface area (Å²) in [5.41, 5.74) is 2.05. The zero-order chi connectivity index (χ0) is 18.4. The lowest BCUT2D eigenvalue weighted by molar-refractivity contribution is -0.117. The first kappa shape index (κ1) is 18.3. The van der Waals surface area contributed by atoms with E-state index in [2.05, 4.69) is 39.4 Å². The van der Waals surface area contributed by atoms with Gasteiger partial charge in [0.2, 0.25) is 5.91 Å². The fraction of sp³-hybridized carbons (Fsp3) is 0.381. The van der Waals surface area contributed by atoms with Gasteiger partial charge in [-0.3, -0.25) is 9.69 Å². The molecule has 0 atom stereocenters. The summed E-state index contributed by atoms with van der Waals surface area (Å²) in [5.74, 6) is 0.839. The highest BCUT2D eigenvalue weighted by Gasteiger charge is 2.19. The quantitative estimate of drug-likeness (QED) is 0.866. The fourth-order valence-electron chi connectivity index (χ4n) is 3.10. The van der Waals surface area contributed by atoms with Gasteiger partial charge >= 0.3 is 0 Å². The third kappa shape index (κ3) is 5.23. The van der Waals surface area contributed by atoms with Crippen LogP contribution in [0.1, 0.15) is 13.8 Å². The Kier molecular flexibility index (Phi) is 6.12. The number of anilines is 2. The van der Waals surface area contributed by atoms with E-state index in [1.165, 1.54) is 5.69 Å². The predicted octanol–water partition coefficient (Wildman–Crippen LogP) is 3.23. The van der Waals surface area contributed by atoms with Crippen LogP contribution in [0.25, 0.3) is 0 Å². The molecule has 0 bridgehead atoms. The molecule has 0 radical (unpaired) electrons. The number of nitrogens with one attached hydrogen (secondary N) is 1. The Morgan fingerprint density at radius 2 is 1.65 bits per heavy atom. The Labute approximate surface area is 155 Å². The van der Waals surface area contributed by atoms with Crippen molar-refractivity contribution in [1.82, 2.24) is 4.90 Å². The van der Waals surface area contributed by atoms with Crippen molar-refractivity contribution in [3.05, 3.63) is 54.6 Å². The molecule has 1 saturated heterocycles. The van der Waals surface area contributed by atoms with Crippen LogP contribution in [0, 0.1) is 0 Å². The Bertz CT molecular complexity index is 693. The van der Waals surface area contributed by atoms with Crippen molar-refractivity contribution in [3.63, 3.8) is 0 Å². The van der Waals surface area contributed by atoms with E-state index in [9.17, 15) is 4.79 Å². The zero-order valence-corrected chi connectivity index (χ0v) is 15.5. The molecule has 0 aliphatic carbocycles. The SMILES string of the molecule is CC(C)Oc1ccc(NC(=O)CN2CCN(c3ccccc3)CC2)cc1. The molecule has 0 aromatic heterocycles. The highest BCUT2D eigenvalue weighted by atomic mass is 16.5. The van der Waals surface area contributed by atoms with E-state index >= 15 is 0 Å². The molecular formula is C21H27N3O2. The minimum atomic E-state index is 0.0238. The third-order valence-corrected chi connectivity index (χ3v) is 4.37. The van der Waals surface area contributed by atoms with E-state index < -0.39 is 0 Å². The summed E-state index contributed by atoms with van der Waals surface area (Å²) in [4.78, 5) is 16.9. The number of amides is 1. The van der Waals surface area contributed by atoms with E-state index in [4.69, 9.17) is 4.74 Å². The number of benzene rings is 2. The first-order valence-corrected chi connectivity index (χ1v) is 9.19. The molecule has 138 valence electrons. The van der Waals surface area contributed by atoms with E-state index in [1.54, 1.807) is 0 Å². The van der Waals surface area contributed by atoms with Crippen molar-refractivity contribution in [3.8, 4) is 5.75 Å². The van der Waals surface area contributed by atoms with Gasteiger partial charge in [0.1, 0.15) is 5.75 Å². The third-order valence-electron chi connectivity index (χ3n) is 4.37. The molecule has 0 saturated carbocycles. The zero-order valence-electron chi connectivity index (χ0n) is 15.5. The lowest BCUT2D eigenvalue weighted by atomic mass is 10.2. The summed E-state index contributed by atoms with van der Waals surface area (Å²) in [6.45, 7) is 8.08. The molecular weight excluding hydrogens is 326 g/mol. The van der Waals surface area contributed by atoms with Crippen LogP contribution in [-0.2, 0) is 4.79 Å². The number of rotatable bonds is 6. The second-order valence-corrected chi connectivity index (χ2v) is 6.84. The maximum atomic E-state index is 12.3. The Balaban J connectivity index is 1.44. The lowest BCUT2D eigenvalue weighted by Crippen LogP contribution is -2.48. The van der Waals surface area contributed by atoms with Crippen molar-refractivity contribution in [2.75, 3.05) is 42.9 Å². The first-order chi connectivity index (χ1) is 12.6. The predicted molar refractivity (Wildman–Crippen MR) is 106 cm³/mol. The normalized spacial score (nSPS) is 15.1. The molecule has 0 unspecified atom stereocenters. The minimum absolute atomic E-state index is 0.0238. The average Bonchev–Trinajstić information content (AvgIpc) is 2.64. The van der Waals surface area contributed by atoms with Gasteiger partial charge in [0.15, 0.2) is 0 Å². The van der Waals surface area contributed by atoms with Gasteiger partial charge in [-0.2, -0.15) is 0 Å². The summed E-state index contributed by atoms with van der Waals surface area (Å²) in [7, 11) is 0. The molecule has 1 fully saturated rings. The van der Waals surface area contributed by atoms with E-state index in [0.29, 0.717) is 6.54 Å². The maximum absolute atomic E-state index is 12.3. The number of carbonyl (C=O) groups is 1. The smallest absolute Gasteiger partial charge is 0.238 e. The molecule has 3 rings (SSSR count). The number of nitrogens with zero attached hydrogens (tertiary/aromatic N) is 2. The van der Waals surface area contributed by atoms with Gasteiger partial charge in [0, 0.05) is 37.6 Å². The Morgan fingerprint density at radius 1 is 1.00 bits per heavy atom. The minimum Gasteiger partial charge on any atom is -0.491 e. The average molecular weight is 353 g/mol. The van der Waals surface area contributed by atoms with Gasteiger partial charge in [0.05, 0.1) is 12.6 Å². The van der Waals surface area contributed by atoms with Gasteiger partial charge in [-0.05, 0) is 50.2 Å². The number of hydrogen-bond acceptors (Lipinski definition) is 4. The van der Waals surface area contributed by atoms with E-state index in [1.807, 2.05) is 44.2 Å². The van der Waals surface area contributed by atoms with Gasteiger partial charge in [-0.1, -0.05) is 18.2 Å². The number of hydrogen-bond donors (Lipinski definition) is 1. The largest absolute Gasteiger partial charge is 0.491 e. The van der Waals surface area contributed by atoms with E-state index in [-0.39, 0.29) is 12.0 Å². The molecule has 1 N–H and O–H groups in total. The van der Waals surface area contributed by atoms with Crippen LogP contribution in [-0.4, -0.2) is 49.6 Å². The molecule has 1 aliphatic rings. The molecule has 2 aromatic carbocycles. The van der Waals surface area contributed by atoms with Gasteiger partial charge in [-0.25, -0.2) is 0 Å². The van der Waals surface area contributed by atoms with Gasteiger partial charge < -0.3 is 15.0 Å². The van der Waals surface area contributed by atoms with Crippen LogP contribution in [0.2, 0.25) is 0 Å². The molecule has 5 heteroatoms. The second kappa shape index (κ2) is 8.72. The Morgan fingerprint density at radius 3 is 2.27 bits per heavy atom. The van der Waals surface area contributed by atoms with Crippen molar-refractivity contribution in [2.24, 2.45) is 0 Å². The summed E-state index contributed by atoms with van der Waals surface area (Å²) in [6.07, 6.45) is 0.144. The molecule has 1 aliphatic heterocycles. The van der Waals surface area contributed by atoms with Crippen molar-refractivity contribution in [2.45, 2.75) is 20.0 Å². The van der Waals surface area contributed by atoms with Crippen LogP contribution in [0.3, 0.4) is 0 Å². The van der Waals surface area contributed by atoms with Crippen LogP contribution in [0.4, 0.5) is 11.4 Å². The topological polar surface area (TPSA) is 44.8 Å². The van der Waals surface area contributed by atoms with Crippen LogP contribution < -0.4 is 15.0 Å². The lowest BCUT2D eigenvalue weighted by Gasteiger charge is -2.35. The molecule has 0 spiro atoms. The van der Waals surface area contributed by atoms with E-state index in [0.717, 1.165) is 37.6 Å². The summed E-state index contributed by atoms with van der Waals surface area (Å²) < 4.78 is 5.62. The summed E-state index contributed by atoms with van der Waals surface area (Å²) in [6, 6.07) is 17.9. The number of para-hydroxylation sites is 1. The highest BCUT2D eigenvalue weighted by molar-refractivity contribution is 5.92. The van der Waals surface area contributed by atoms with Crippen LogP contribution in [0.15, 0.2) is 54.6 Å². The molecule has 26 heavy (non-hydrogen) atoms. The Hall–Kier alpha value is -2.53. The molecule has 5 nitrogen and oxygen atoms in total. The molecule has 2 aromatic rings. The van der Waals surface area contributed by atoms with Gasteiger partial charge in [0.25, 0.3) is 0 Å². The standard InChI is InChI=1S/C21H27N3O2/c1-17(2)26-20-10-8-18(9-11-20)22-21(25)16-23-12-14-24(15-13-23)19-6-4-3-5-7-19/h3-11,17H,12-16H2,1-2H3,(H,22,25). The van der Waals surface area contributed by atoms with Crippen LogP contribution in [0.5, 0.6) is 5.75 Å². The fourth-order valence-corrected chi connectivity index (χ4v) is 3.10. The van der Waals surface area contributed by atoms with Crippen molar-refractivity contribution in [1.29, 1.82) is 0 Å². The monoisotopic (exact) mass is 353 g/mol. The van der Waals surface area contributed by atoms with Gasteiger partial charge in [-0.15, -0.1) is 0 Å². The molecule has 1 amide bonds. The first-order valence-electron chi connectivity index (χ1n) is 9.19. The summed E-state index contributed by atoms with van der Waals surface area (Å²) in [5, 5.41) is 2.96. The molecule has 1 heterocycles. The highest BCUT2D eigenvalue weighted by Crippen LogP contribution is 2.18. The second-order valence-electron chi connectivity index (χ2n) is 6.84. The summed E-state index contributed by atoms with van der Waals surface area (Å²) >= 11 is 0. The number of piperazine rings is 1. The maximum Gasteiger partial charge on any atom is 0.238 e. The van der Waals surface area contributed by atoms with Crippen molar-refractivity contribution >= 4 is 17.3 Å².